The number of pyridine rings is 1. The minimum Gasteiger partial charge on any atom is -0.474 e. The first-order valence-corrected chi connectivity index (χ1v) is 6.84. The lowest BCUT2D eigenvalue weighted by Crippen LogP contribution is -2.08. The van der Waals surface area contributed by atoms with Gasteiger partial charge in [0.15, 0.2) is 0 Å². The highest BCUT2D eigenvalue weighted by Gasteiger charge is 2.02. The first-order valence-electron chi connectivity index (χ1n) is 5.25. The molecule has 0 saturated carbocycles. The van der Waals surface area contributed by atoms with Gasteiger partial charge in [-0.3, -0.25) is 0 Å². The summed E-state index contributed by atoms with van der Waals surface area (Å²) in [6.45, 7) is 4.07. The fourth-order valence-corrected chi connectivity index (χ4v) is 2.16. The van der Waals surface area contributed by atoms with Crippen molar-refractivity contribution in [2.75, 3.05) is 19.8 Å². The highest BCUT2D eigenvalue weighted by molar-refractivity contribution is 9.11. The van der Waals surface area contributed by atoms with Crippen molar-refractivity contribution in [1.82, 2.24) is 4.98 Å². The van der Waals surface area contributed by atoms with Crippen LogP contribution in [0, 0.1) is 0 Å². The monoisotopic (exact) mass is 351 g/mol. The molecule has 0 fully saturated rings. The summed E-state index contributed by atoms with van der Waals surface area (Å²) in [5.74, 6) is 0.599. The number of nitrogens with zero attached hydrogens (tertiary/aromatic N) is 1. The van der Waals surface area contributed by atoms with E-state index in [0.29, 0.717) is 19.1 Å². The van der Waals surface area contributed by atoms with Crippen LogP contribution in [0.2, 0.25) is 0 Å². The third kappa shape index (κ3) is 5.27. The van der Waals surface area contributed by atoms with Gasteiger partial charge in [0, 0.05) is 17.3 Å². The van der Waals surface area contributed by atoms with Crippen LogP contribution >= 0.6 is 31.9 Å². The minimum absolute atomic E-state index is 0.525. The average Bonchev–Trinajstić information content (AvgIpc) is 2.26. The summed E-state index contributed by atoms with van der Waals surface area (Å²) in [5, 5.41) is 0. The highest BCUT2D eigenvalue weighted by atomic mass is 79.9. The molecule has 0 radical (unpaired) electrons. The van der Waals surface area contributed by atoms with Crippen molar-refractivity contribution in [3.63, 3.8) is 0 Å². The molecule has 3 nitrogen and oxygen atoms in total. The van der Waals surface area contributed by atoms with E-state index in [-0.39, 0.29) is 0 Å². The maximum Gasteiger partial charge on any atom is 0.228 e. The van der Waals surface area contributed by atoms with E-state index in [1.165, 1.54) is 0 Å². The lowest BCUT2D eigenvalue weighted by atomic mass is 10.4. The minimum atomic E-state index is 0.525. The Kier molecular flexibility index (Phi) is 7.00. The van der Waals surface area contributed by atoms with Gasteiger partial charge < -0.3 is 9.47 Å². The lowest BCUT2D eigenvalue weighted by Gasteiger charge is -2.07. The number of ether oxygens (including phenoxy) is 2. The van der Waals surface area contributed by atoms with E-state index >= 15 is 0 Å². The number of hydrogen-bond donors (Lipinski definition) is 0. The molecule has 5 heteroatoms. The van der Waals surface area contributed by atoms with Crippen LogP contribution in [0.25, 0.3) is 0 Å². The molecule has 0 aliphatic heterocycles. The number of halogens is 2. The van der Waals surface area contributed by atoms with Crippen molar-refractivity contribution >= 4 is 31.9 Å². The van der Waals surface area contributed by atoms with Gasteiger partial charge in [-0.05, 0) is 44.3 Å². The molecule has 0 bridgehead atoms. The van der Waals surface area contributed by atoms with Crippen molar-refractivity contribution in [3.8, 4) is 5.88 Å². The van der Waals surface area contributed by atoms with E-state index in [1.54, 1.807) is 6.20 Å². The molecule has 0 N–H and O–H groups in total. The number of rotatable bonds is 7. The molecule has 0 aliphatic carbocycles. The van der Waals surface area contributed by atoms with Gasteiger partial charge in [-0.2, -0.15) is 0 Å². The molecule has 1 heterocycles. The molecule has 0 saturated heterocycles. The Labute approximate surface area is 113 Å². The Bertz CT molecular complexity index is 321. The third-order valence-electron chi connectivity index (χ3n) is 1.88. The summed E-state index contributed by atoms with van der Waals surface area (Å²) in [4.78, 5) is 4.14. The Morgan fingerprint density at radius 1 is 1.25 bits per heavy atom. The quantitative estimate of drug-likeness (QED) is 0.699. The predicted molar refractivity (Wildman–Crippen MR) is 70.9 cm³/mol. The molecule has 1 aromatic heterocycles. The summed E-state index contributed by atoms with van der Waals surface area (Å²) in [6, 6.07) is 1.90. The van der Waals surface area contributed by atoms with Crippen molar-refractivity contribution in [3.05, 3.63) is 21.2 Å². The van der Waals surface area contributed by atoms with Crippen molar-refractivity contribution < 1.29 is 9.47 Å². The number of aromatic nitrogens is 1. The summed E-state index contributed by atoms with van der Waals surface area (Å²) >= 11 is 6.72. The smallest absolute Gasteiger partial charge is 0.228 e. The zero-order valence-electron chi connectivity index (χ0n) is 9.21. The number of unbranched alkanes of at least 4 members (excludes halogenated alkanes) is 1. The maximum absolute atomic E-state index is 5.47. The van der Waals surface area contributed by atoms with E-state index < -0.39 is 0 Å². The summed E-state index contributed by atoms with van der Waals surface area (Å²) in [6.07, 6.45) is 3.96. The fourth-order valence-electron chi connectivity index (χ4n) is 1.05. The zero-order valence-corrected chi connectivity index (χ0v) is 12.4. The van der Waals surface area contributed by atoms with Gasteiger partial charge in [0.25, 0.3) is 0 Å². The van der Waals surface area contributed by atoms with Crippen molar-refractivity contribution in [1.29, 1.82) is 0 Å². The molecular weight excluding hydrogens is 338 g/mol. The molecule has 0 unspecified atom stereocenters. The average molecular weight is 353 g/mol. The molecule has 1 aromatic rings. The molecule has 90 valence electrons. The molecule has 0 amide bonds. The van der Waals surface area contributed by atoms with Crippen LogP contribution in [0.5, 0.6) is 5.88 Å². The Hall–Kier alpha value is -0.130. The van der Waals surface area contributed by atoms with Crippen molar-refractivity contribution in [2.24, 2.45) is 0 Å². The fraction of sp³-hybridized carbons (Fsp3) is 0.545. The van der Waals surface area contributed by atoms with Crippen LogP contribution < -0.4 is 4.74 Å². The van der Waals surface area contributed by atoms with E-state index in [4.69, 9.17) is 9.47 Å². The molecule has 0 aromatic carbocycles. The Morgan fingerprint density at radius 3 is 2.75 bits per heavy atom. The summed E-state index contributed by atoms with van der Waals surface area (Å²) in [5.41, 5.74) is 0. The van der Waals surface area contributed by atoms with Gasteiger partial charge in [-0.1, -0.05) is 13.3 Å². The molecule has 0 aliphatic rings. The molecular formula is C11H15Br2NO2. The van der Waals surface area contributed by atoms with Crippen LogP contribution in [0.15, 0.2) is 21.2 Å². The second-order valence-electron chi connectivity index (χ2n) is 3.25. The first-order chi connectivity index (χ1) is 7.74. The van der Waals surface area contributed by atoms with Crippen LogP contribution in [0.1, 0.15) is 19.8 Å². The second-order valence-corrected chi connectivity index (χ2v) is 5.02. The lowest BCUT2D eigenvalue weighted by molar-refractivity contribution is 0.0962. The van der Waals surface area contributed by atoms with Crippen LogP contribution in [0.4, 0.5) is 0 Å². The normalized spacial score (nSPS) is 10.4. The van der Waals surface area contributed by atoms with Gasteiger partial charge in [0.1, 0.15) is 6.61 Å². The van der Waals surface area contributed by atoms with Crippen molar-refractivity contribution in [2.45, 2.75) is 19.8 Å². The van der Waals surface area contributed by atoms with E-state index in [0.717, 1.165) is 28.4 Å². The van der Waals surface area contributed by atoms with Gasteiger partial charge in [0.05, 0.1) is 11.1 Å². The van der Waals surface area contributed by atoms with Gasteiger partial charge in [-0.15, -0.1) is 0 Å². The standard InChI is InChI=1S/C11H15Br2NO2/c1-2-3-4-15-5-6-16-11-10(13)7-9(12)8-14-11/h7-8H,2-6H2,1H3. The second kappa shape index (κ2) is 8.03. The maximum atomic E-state index is 5.47. The molecule has 0 atom stereocenters. The number of hydrogen-bond acceptors (Lipinski definition) is 3. The van der Waals surface area contributed by atoms with Gasteiger partial charge in [-0.25, -0.2) is 4.98 Å². The van der Waals surface area contributed by atoms with Crippen LogP contribution in [0.3, 0.4) is 0 Å². The van der Waals surface area contributed by atoms with Gasteiger partial charge in [0.2, 0.25) is 5.88 Å². The predicted octanol–water partition coefficient (Wildman–Crippen LogP) is 3.80. The van der Waals surface area contributed by atoms with Gasteiger partial charge >= 0.3 is 0 Å². The largest absolute Gasteiger partial charge is 0.474 e. The molecule has 0 spiro atoms. The SMILES string of the molecule is CCCCOCCOc1ncc(Br)cc1Br. The topological polar surface area (TPSA) is 31.4 Å². The zero-order chi connectivity index (χ0) is 11.8. The van der Waals surface area contributed by atoms with E-state index in [2.05, 4.69) is 43.8 Å². The summed E-state index contributed by atoms with van der Waals surface area (Å²) in [7, 11) is 0. The molecule has 1 rings (SSSR count). The van der Waals surface area contributed by atoms with E-state index in [1.807, 2.05) is 6.07 Å². The van der Waals surface area contributed by atoms with Crippen LogP contribution in [-0.2, 0) is 4.74 Å². The molecule has 16 heavy (non-hydrogen) atoms. The highest BCUT2D eigenvalue weighted by Crippen LogP contribution is 2.25. The Balaban J connectivity index is 2.21. The van der Waals surface area contributed by atoms with Crippen LogP contribution in [-0.4, -0.2) is 24.8 Å². The first kappa shape index (κ1) is 13.9. The van der Waals surface area contributed by atoms with E-state index in [9.17, 15) is 0 Å². The Morgan fingerprint density at radius 2 is 2.06 bits per heavy atom. The summed E-state index contributed by atoms with van der Waals surface area (Å²) < 4.78 is 12.6. The third-order valence-corrected chi connectivity index (χ3v) is 2.88.